The Morgan fingerprint density at radius 2 is 1.94 bits per heavy atom. The Morgan fingerprint density at radius 1 is 1.31 bits per heavy atom. The number of nitrogens with zero attached hydrogens (tertiary/aromatic N) is 1. The van der Waals surface area contributed by atoms with Crippen molar-refractivity contribution in [1.29, 1.82) is 0 Å². The van der Waals surface area contributed by atoms with Gasteiger partial charge >= 0.3 is 6.18 Å². The fraction of sp³-hybridized carbons (Fsp3) is 0.444. The van der Waals surface area contributed by atoms with Gasteiger partial charge in [0.05, 0.1) is 11.7 Å². The molecule has 16 heavy (non-hydrogen) atoms. The van der Waals surface area contributed by atoms with Crippen LogP contribution in [0.15, 0.2) is 18.5 Å². The van der Waals surface area contributed by atoms with Crippen LogP contribution in [0, 0.1) is 0 Å². The van der Waals surface area contributed by atoms with Gasteiger partial charge < -0.3 is 10.2 Å². The highest BCUT2D eigenvalue weighted by molar-refractivity contribution is 9.09. The highest BCUT2D eigenvalue weighted by Crippen LogP contribution is 2.30. The van der Waals surface area contributed by atoms with Gasteiger partial charge in [0.25, 0.3) is 0 Å². The molecule has 1 aromatic rings. The summed E-state index contributed by atoms with van der Waals surface area (Å²) in [6, 6.07) is 0.767. The van der Waals surface area contributed by atoms with Crippen molar-refractivity contribution in [3.63, 3.8) is 0 Å². The number of rotatable bonds is 3. The van der Waals surface area contributed by atoms with Crippen LogP contribution >= 0.6 is 15.9 Å². The molecule has 0 aromatic carbocycles. The summed E-state index contributed by atoms with van der Waals surface area (Å²) >= 11 is 2.92. The minimum Gasteiger partial charge on any atom is -0.389 e. The molecule has 7 heteroatoms. The van der Waals surface area contributed by atoms with Crippen molar-refractivity contribution in [2.75, 3.05) is 5.33 Å². The lowest BCUT2D eigenvalue weighted by atomic mass is 10.1. The summed E-state index contributed by atoms with van der Waals surface area (Å²) in [6.07, 6.45) is -5.33. The number of pyridine rings is 1. The average Bonchev–Trinajstić information content (AvgIpc) is 2.26. The van der Waals surface area contributed by atoms with Gasteiger partial charge in [-0.2, -0.15) is 13.2 Å². The molecule has 3 nitrogen and oxygen atoms in total. The number of hydrogen-bond donors (Lipinski definition) is 2. The van der Waals surface area contributed by atoms with Crippen LogP contribution in [-0.4, -0.2) is 26.6 Å². The SMILES string of the molecule is OC(CBr)C(O)c1cncc(C(F)(F)F)c1. The van der Waals surface area contributed by atoms with Crippen molar-refractivity contribution in [2.45, 2.75) is 18.4 Å². The maximum Gasteiger partial charge on any atom is 0.417 e. The van der Waals surface area contributed by atoms with E-state index in [2.05, 4.69) is 20.9 Å². The van der Waals surface area contributed by atoms with Crippen LogP contribution in [0.1, 0.15) is 17.2 Å². The monoisotopic (exact) mass is 299 g/mol. The molecule has 2 unspecified atom stereocenters. The maximum atomic E-state index is 12.3. The zero-order valence-corrected chi connectivity index (χ0v) is 9.53. The van der Waals surface area contributed by atoms with E-state index in [-0.39, 0.29) is 10.9 Å². The average molecular weight is 300 g/mol. The third-order valence-corrected chi connectivity index (χ3v) is 2.61. The Hall–Kier alpha value is -0.660. The minimum atomic E-state index is -4.51. The van der Waals surface area contributed by atoms with Crippen molar-refractivity contribution in [3.05, 3.63) is 29.6 Å². The molecule has 0 spiro atoms. The molecule has 0 aliphatic rings. The van der Waals surface area contributed by atoms with Crippen LogP contribution in [0.3, 0.4) is 0 Å². The van der Waals surface area contributed by atoms with Gasteiger partial charge in [0.15, 0.2) is 0 Å². The largest absolute Gasteiger partial charge is 0.417 e. The highest BCUT2D eigenvalue weighted by Gasteiger charge is 2.32. The van der Waals surface area contributed by atoms with Crippen molar-refractivity contribution in [3.8, 4) is 0 Å². The second-order valence-electron chi connectivity index (χ2n) is 3.17. The molecular weight excluding hydrogens is 291 g/mol. The van der Waals surface area contributed by atoms with Gasteiger partial charge in [-0.1, -0.05) is 15.9 Å². The standard InChI is InChI=1S/C9H9BrF3NO2/c10-2-7(15)8(16)5-1-6(4-14-3-5)9(11,12)13/h1,3-4,7-8,15-16H,2H2. The van der Waals surface area contributed by atoms with Gasteiger partial charge in [-0.25, -0.2) is 0 Å². The topological polar surface area (TPSA) is 53.4 Å². The number of alkyl halides is 4. The Bertz CT molecular complexity index is 359. The Kier molecular flexibility index (Phi) is 4.28. The Labute approximate surface area is 98.1 Å². The Morgan fingerprint density at radius 3 is 2.44 bits per heavy atom. The van der Waals surface area contributed by atoms with Crippen LogP contribution in [-0.2, 0) is 6.18 Å². The molecule has 0 radical (unpaired) electrons. The fourth-order valence-corrected chi connectivity index (χ4v) is 1.44. The molecular formula is C9H9BrF3NO2. The van der Waals surface area contributed by atoms with Crippen LogP contribution < -0.4 is 0 Å². The number of aromatic nitrogens is 1. The second kappa shape index (κ2) is 5.11. The van der Waals surface area contributed by atoms with E-state index in [4.69, 9.17) is 0 Å². The van der Waals surface area contributed by atoms with E-state index in [0.717, 1.165) is 12.3 Å². The first-order valence-electron chi connectivity index (χ1n) is 4.30. The Balaban J connectivity index is 2.99. The predicted molar refractivity (Wildman–Crippen MR) is 54.0 cm³/mol. The molecule has 2 N–H and O–H groups in total. The number of aliphatic hydroxyl groups excluding tert-OH is 2. The lowest BCUT2D eigenvalue weighted by Crippen LogP contribution is -2.20. The fourth-order valence-electron chi connectivity index (χ4n) is 1.08. The van der Waals surface area contributed by atoms with Crippen molar-refractivity contribution in [1.82, 2.24) is 4.98 Å². The number of aliphatic hydroxyl groups is 2. The normalized spacial score (nSPS) is 15.9. The number of halogens is 4. The zero-order chi connectivity index (χ0) is 12.3. The van der Waals surface area contributed by atoms with Gasteiger partial charge in [0.2, 0.25) is 0 Å². The molecule has 0 fully saturated rings. The second-order valence-corrected chi connectivity index (χ2v) is 3.82. The minimum absolute atomic E-state index is 0.0599. The molecule has 0 bridgehead atoms. The molecule has 0 amide bonds. The molecule has 1 aromatic heterocycles. The third kappa shape index (κ3) is 3.16. The van der Waals surface area contributed by atoms with Crippen molar-refractivity contribution in [2.24, 2.45) is 0 Å². The molecule has 90 valence electrons. The quantitative estimate of drug-likeness (QED) is 0.838. The maximum absolute atomic E-state index is 12.3. The molecule has 0 aliphatic carbocycles. The van der Waals surface area contributed by atoms with Crippen LogP contribution in [0.25, 0.3) is 0 Å². The summed E-state index contributed by atoms with van der Waals surface area (Å²) in [4.78, 5) is 3.38. The van der Waals surface area contributed by atoms with Gasteiger partial charge in [0.1, 0.15) is 6.10 Å². The summed E-state index contributed by atoms with van der Waals surface area (Å²) in [7, 11) is 0. The molecule has 0 saturated carbocycles. The number of hydrogen-bond acceptors (Lipinski definition) is 3. The van der Waals surface area contributed by atoms with Gasteiger partial charge in [-0.3, -0.25) is 4.98 Å². The third-order valence-electron chi connectivity index (χ3n) is 1.95. The molecule has 1 heterocycles. The summed E-state index contributed by atoms with van der Waals surface area (Å²) in [6.45, 7) is 0. The predicted octanol–water partition coefficient (Wildman–Crippen LogP) is 1.89. The summed E-state index contributed by atoms with van der Waals surface area (Å²) in [5.74, 6) is 0. The van der Waals surface area contributed by atoms with E-state index < -0.39 is 23.9 Å². The first-order valence-corrected chi connectivity index (χ1v) is 5.42. The van der Waals surface area contributed by atoms with E-state index in [1.807, 2.05) is 0 Å². The van der Waals surface area contributed by atoms with Crippen LogP contribution in [0.4, 0.5) is 13.2 Å². The molecule has 0 saturated heterocycles. The lowest BCUT2D eigenvalue weighted by Gasteiger charge is -2.16. The van der Waals surface area contributed by atoms with E-state index in [9.17, 15) is 23.4 Å². The zero-order valence-electron chi connectivity index (χ0n) is 7.95. The summed E-state index contributed by atoms with van der Waals surface area (Å²) in [5.41, 5.74) is -1.02. The van der Waals surface area contributed by atoms with Gasteiger partial charge in [0, 0.05) is 23.3 Å². The van der Waals surface area contributed by atoms with E-state index in [1.54, 1.807) is 0 Å². The molecule has 0 aliphatic heterocycles. The van der Waals surface area contributed by atoms with Crippen LogP contribution in [0.2, 0.25) is 0 Å². The van der Waals surface area contributed by atoms with Gasteiger partial charge in [-0.05, 0) is 6.07 Å². The van der Waals surface area contributed by atoms with E-state index in [1.165, 1.54) is 0 Å². The summed E-state index contributed by atoms with van der Waals surface area (Å²) in [5, 5.41) is 18.8. The first kappa shape index (κ1) is 13.4. The van der Waals surface area contributed by atoms with Crippen LogP contribution in [0.5, 0.6) is 0 Å². The van der Waals surface area contributed by atoms with Crippen molar-refractivity contribution < 1.29 is 23.4 Å². The first-order chi connectivity index (χ1) is 7.36. The molecule has 2 atom stereocenters. The highest BCUT2D eigenvalue weighted by atomic mass is 79.9. The lowest BCUT2D eigenvalue weighted by molar-refractivity contribution is -0.138. The van der Waals surface area contributed by atoms with E-state index >= 15 is 0 Å². The van der Waals surface area contributed by atoms with Crippen molar-refractivity contribution >= 4 is 15.9 Å². The van der Waals surface area contributed by atoms with E-state index in [0.29, 0.717) is 6.20 Å². The van der Waals surface area contributed by atoms with Gasteiger partial charge in [-0.15, -0.1) is 0 Å². The molecule has 1 rings (SSSR count). The summed E-state index contributed by atoms with van der Waals surface area (Å²) < 4.78 is 37.0. The smallest absolute Gasteiger partial charge is 0.389 e.